The molecule has 6 N–H and O–H groups in total. The molecule has 90 heavy (non-hydrogen) atoms. The first-order valence-corrected chi connectivity index (χ1v) is 32.0. The molecular weight excluding hydrogens is 1140 g/mol. The fraction of sp³-hybridized carbons (Fsp3) is 0.708. The maximum absolute atomic E-state index is 12.9. The van der Waals surface area contributed by atoms with Crippen LogP contribution in [0.5, 0.6) is 34.5 Å². The molecule has 0 bridgehead atoms. The Labute approximate surface area is 560 Å². The molecule has 0 radical (unpaired) electrons. The first kappa shape index (κ1) is 53.0. The first-order chi connectivity index (χ1) is 48.5. The van der Waals surface area contributed by atoms with Crippen molar-refractivity contribution in [2.45, 2.75) is 195 Å². The Morgan fingerprint density at radius 2 is 0.767 bits per heavy atom. The second kappa shape index (κ2) is 32.5. The Hall–Kier alpha value is -5.37. The van der Waals surface area contributed by atoms with Crippen LogP contribution in [0.1, 0.15) is 193 Å². The second-order valence-corrected chi connectivity index (χ2v) is 26.5. The SMILES string of the molecule is [2H]C([2H])([2H])C([2H])(C)C([2H])([2H])[C@H]1CN2CCc3cc(OC)c(OC)cc3[C@@H]2C[C@H]1OC(=O)[C@@H](N)C(C)C.[2H]C([2H])([2H])C([2H])(C)C([2H])([2H])[C@H]1CN2CCc3cc(OC)c(OC)cc3[C@@H]2C[C@H]1OC(=O)[C@@H](N)C(C)C.[2H]C([2H])([2H])Oc1cc2c(cc1OC)[C@@H]1C[C@@H](OC(=O)[C@@H](N)C(C)C)[C@@H](CC(C)C)CN1CC2. The lowest BCUT2D eigenvalue weighted by molar-refractivity contribution is -0.161. The van der Waals surface area contributed by atoms with Gasteiger partial charge in [-0.05, 0) is 144 Å². The zero-order valence-corrected chi connectivity index (χ0v) is 55.9. The summed E-state index contributed by atoms with van der Waals surface area (Å²) >= 11 is 0. The van der Waals surface area contributed by atoms with Gasteiger partial charge in [-0.15, -0.1) is 0 Å². The highest BCUT2D eigenvalue weighted by Crippen LogP contribution is 2.48. The van der Waals surface area contributed by atoms with Crippen LogP contribution in [0.15, 0.2) is 36.4 Å². The molecule has 9 rings (SSSR count). The molecule has 504 valence electrons. The van der Waals surface area contributed by atoms with Crippen LogP contribution in [0.4, 0.5) is 0 Å². The van der Waals surface area contributed by atoms with Crippen molar-refractivity contribution < 1.29 is 77.6 Å². The minimum absolute atomic E-state index is 0.0115. The van der Waals surface area contributed by atoms with Gasteiger partial charge in [-0.3, -0.25) is 29.1 Å². The molecule has 6 aliphatic rings. The molecule has 6 heterocycles. The molecular formula is C72H114N6O12. The maximum atomic E-state index is 12.9. The van der Waals surface area contributed by atoms with Gasteiger partial charge in [-0.25, -0.2) is 0 Å². The lowest BCUT2D eigenvalue weighted by atomic mass is 9.79. The summed E-state index contributed by atoms with van der Waals surface area (Å²) in [5, 5.41) is 0. The number of rotatable bonds is 21. The van der Waals surface area contributed by atoms with Gasteiger partial charge in [-0.2, -0.15) is 0 Å². The Morgan fingerprint density at radius 3 is 1.04 bits per heavy atom. The van der Waals surface area contributed by atoms with E-state index in [2.05, 4.69) is 28.5 Å². The van der Waals surface area contributed by atoms with E-state index in [9.17, 15) is 14.4 Å². The van der Waals surface area contributed by atoms with Crippen molar-refractivity contribution in [3.05, 3.63) is 69.8 Å². The molecule has 0 saturated carbocycles. The number of hydrogen-bond donors (Lipinski definition) is 3. The Bertz CT molecular complexity index is 3330. The van der Waals surface area contributed by atoms with Gasteiger partial charge in [0.05, 0.1) is 46.7 Å². The van der Waals surface area contributed by atoms with E-state index in [-0.39, 0.29) is 85.6 Å². The Balaban J connectivity index is 0.000000220. The van der Waals surface area contributed by atoms with Crippen LogP contribution in [-0.4, -0.2) is 151 Å². The predicted octanol–water partition coefficient (Wildman–Crippen LogP) is 10.7. The molecule has 18 nitrogen and oxygen atoms in total. The van der Waals surface area contributed by atoms with E-state index in [0.717, 1.165) is 73.2 Å². The number of nitrogens with two attached hydrogens (primary N) is 3. The van der Waals surface area contributed by atoms with Crippen LogP contribution >= 0.6 is 0 Å². The monoisotopic (exact) mass is 1270 g/mol. The van der Waals surface area contributed by atoms with Crippen molar-refractivity contribution in [2.75, 3.05) is 81.9 Å². The van der Waals surface area contributed by atoms with Gasteiger partial charge in [0.15, 0.2) is 34.5 Å². The summed E-state index contributed by atoms with van der Waals surface area (Å²) in [6.45, 7) is 15.0. The Morgan fingerprint density at radius 1 is 0.478 bits per heavy atom. The molecule has 3 aromatic rings. The van der Waals surface area contributed by atoms with Gasteiger partial charge >= 0.3 is 17.9 Å². The van der Waals surface area contributed by atoms with Crippen LogP contribution < -0.4 is 45.6 Å². The summed E-state index contributed by atoms with van der Waals surface area (Å²) in [7, 11) is 5.21. The van der Waals surface area contributed by atoms with E-state index < -0.39 is 99.4 Å². The third kappa shape index (κ3) is 17.5. The zero-order valence-electron chi connectivity index (χ0n) is 70.9. The van der Waals surface area contributed by atoms with Gasteiger partial charge in [-0.1, -0.05) is 82.9 Å². The van der Waals surface area contributed by atoms with Crippen LogP contribution in [-0.2, 0) is 47.9 Å². The minimum Gasteiger partial charge on any atom is -0.493 e. The highest BCUT2D eigenvalue weighted by atomic mass is 16.6. The second-order valence-electron chi connectivity index (χ2n) is 26.5. The molecule has 0 aliphatic carbocycles. The van der Waals surface area contributed by atoms with Gasteiger partial charge < -0.3 is 59.8 Å². The maximum Gasteiger partial charge on any atom is 0.323 e. The van der Waals surface area contributed by atoms with Crippen molar-refractivity contribution in [1.82, 2.24) is 14.7 Å². The number of hydrogen-bond acceptors (Lipinski definition) is 18. The summed E-state index contributed by atoms with van der Waals surface area (Å²) in [5.41, 5.74) is 24.3. The van der Waals surface area contributed by atoms with Crippen molar-refractivity contribution in [3.63, 3.8) is 0 Å². The number of piperidine rings is 3. The van der Waals surface area contributed by atoms with Crippen molar-refractivity contribution >= 4 is 17.9 Å². The average molecular weight is 1270 g/mol. The Kier molecular flexibility index (Phi) is 19.1. The topological polar surface area (TPSA) is 222 Å². The fourth-order valence-electron chi connectivity index (χ4n) is 13.6. The van der Waals surface area contributed by atoms with E-state index in [0.29, 0.717) is 67.0 Å². The summed E-state index contributed by atoms with van der Waals surface area (Å²) in [6.07, 6.45) is -2.87. The third-order valence-corrected chi connectivity index (χ3v) is 18.7. The molecule has 0 aromatic heterocycles. The minimum atomic E-state index is -2.88. The first-order valence-electron chi connectivity index (χ1n) is 39.5. The number of benzene rings is 3. The van der Waals surface area contributed by atoms with Crippen LogP contribution in [0.2, 0.25) is 0 Å². The number of carbonyl (C=O) groups excluding carboxylic acids is 3. The number of nitrogens with zero attached hydrogens (tertiary/aromatic N) is 3. The van der Waals surface area contributed by atoms with Crippen LogP contribution in [0.25, 0.3) is 0 Å². The summed E-state index contributed by atoms with van der Waals surface area (Å²) in [5.74, 6) is -5.25. The number of methoxy groups -OCH3 is 6. The number of ether oxygens (including phenoxy) is 9. The van der Waals surface area contributed by atoms with E-state index in [4.69, 9.17) is 80.4 Å². The number of esters is 3. The lowest BCUT2D eigenvalue weighted by Crippen LogP contribution is -2.51. The predicted molar refractivity (Wildman–Crippen MR) is 353 cm³/mol. The smallest absolute Gasteiger partial charge is 0.323 e. The molecule has 0 spiro atoms. The fourth-order valence-corrected chi connectivity index (χ4v) is 13.6. The van der Waals surface area contributed by atoms with Crippen LogP contribution in [0, 0.1) is 53.2 Å². The lowest BCUT2D eigenvalue weighted by Gasteiger charge is -2.47. The van der Waals surface area contributed by atoms with Crippen molar-refractivity contribution in [1.29, 1.82) is 0 Å². The van der Waals surface area contributed by atoms with Gasteiger partial charge in [0.1, 0.15) is 36.4 Å². The number of fused-ring (bicyclic) bond motifs is 9. The van der Waals surface area contributed by atoms with E-state index in [1.807, 2.05) is 44.2 Å². The van der Waals surface area contributed by atoms with Gasteiger partial charge in [0.2, 0.25) is 0 Å². The number of carbonyl (C=O) groups is 3. The molecule has 6 aliphatic heterocycles. The highest BCUT2D eigenvalue weighted by molar-refractivity contribution is 5.77. The van der Waals surface area contributed by atoms with E-state index >= 15 is 0 Å². The molecule has 3 aromatic carbocycles. The highest BCUT2D eigenvalue weighted by Gasteiger charge is 2.45. The normalized spacial score (nSPS) is 29.4. The average Bonchev–Trinajstić information content (AvgIpc) is 0.739. The molecule has 3 fully saturated rings. The van der Waals surface area contributed by atoms with E-state index in [1.165, 1.54) is 7.11 Å². The third-order valence-electron chi connectivity index (χ3n) is 18.7. The largest absolute Gasteiger partial charge is 0.493 e. The van der Waals surface area contributed by atoms with Gasteiger partial charge in [0, 0.05) is 111 Å². The molecule has 3 saturated heterocycles. The van der Waals surface area contributed by atoms with Crippen molar-refractivity contribution in [2.24, 2.45) is 70.4 Å². The summed E-state index contributed by atoms with van der Waals surface area (Å²) < 4.78 is 172. The van der Waals surface area contributed by atoms with E-state index in [1.54, 1.807) is 62.2 Å². The van der Waals surface area contributed by atoms with Crippen molar-refractivity contribution in [3.8, 4) is 34.5 Å². The molecule has 0 amide bonds. The van der Waals surface area contributed by atoms with Gasteiger partial charge in [0.25, 0.3) is 0 Å². The molecule has 2 unspecified atom stereocenters. The zero-order chi connectivity index (χ0) is 78.9. The van der Waals surface area contributed by atoms with Crippen LogP contribution in [0.3, 0.4) is 0 Å². The summed E-state index contributed by atoms with van der Waals surface area (Å²) in [4.78, 5) is 45.1. The molecule has 18 heteroatoms. The summed E-state index contributed by atoms with van der Waals surface area (Å²) in [6, 6.07) is 8.53. The quantitative estimate of drug-likeness (QED) is 0.0666. The standard InChI is InChI=1S/3C24H38N2O4/c3*1-14(2)9-17-13-26-8-7-16-10-21(28-5)22(29-6)11-18(16)19(26)12-20(17)30-24(27)23(25)15(3)4/h3*10-11,14-15,17,19-20,23H,7-9,12-13,25H2,1-6H3/t3*17-,19-,20+,23-/m000/s1/i2*1D3,9D2,14D;5D3/t2*14?,17-,19-,20+,23-;m. The molecule has 14 atom stereocenters.